The maximum atomic E-state index is 12.6. The number of aromatic nitrogens is 2. The van der Waals surface area contributed by atoms with Crippen molar-refractivity contribution in [2.24, 2.45) is 0 Å². The van der Waals surface area contributed by atoms with E-state index in [0.717, 1.165) is 54.5 Å². The van der Waals surface area contributed by atoms with E-state index >= 15 is 0 Å². The van der Waals surface area contributed by atoms with Crippen LogP contribution in [0.1, 0.15) is 65.1 Å². The zero-order chi connectivity index (χ0) is 25.7. The molecule has 35 heavy (non-hydrogen) atoms. The quantitative estimate of drug-likeness (QED) is 0.514. The molecule has 192 valence electrons. The van der Waals surface area contributed by atoms with Gasteiger partial charge in [0.2, 0.25) is 5.91 Å². The summed E-state index contributed by atoms with van der Waals surface area (Å²) in [6, 6.07) is -0.767. The van der Waals surface area contributed by atoms with Crippen LogP contribution in [0.4, 0.5) is 0 Å². The first-order valence-electron chi connectivity index (χ1n) is 12.6. The smallest absolute Gasteiger partial charge is 0.326 e. The van der Waals surface area contributed by atoms with Crippen LogP contribution in [0.2, 0.25) is 0 Å². The fourth-order valence-electron chi connectivity index (χ4n) is 4.84. The monoisotopic (exact) mass is 484 g/mol. The van der Waals surface area contributed by atoms with Crippen molar-refractivity contribution in [1.29, 1.82) is 0 Å². The van der Waals surface area contributed by atoms with Crippen LogP contribution < -0.4 is 16.0 Å². The second-order valence-corrected chi connectivity index (χ2v) is 9.81. The molecule has 1 aliphatic heterocycles. The first-order valence-corrected chi connectivity index (χ1v) is 12.6. The van der Waals surface area contributed by atoms with Gasteiger partial charge in [-0.3, -0.25) is 14.9 Å². The number of hydrogen-bond acceptors (Lipinski definition) is 6. The van der Waals surface area contributed by atoms with Crippen LogP contribution in [-0.2, 0) is 20.9 Å². The molecule has 0 spiro atoms. The Kier molecular flexibility index (Phi) is 9.08. The van der Waals surface area contributed by atoms with Crippen molar-refractivity contribution in [3.63, 3.8) is 0 Å². The van der Waals surface area contributed by atoms with Crippen LogP contribution in [0.15, 0.2) is 23.3 Å². The topological polar surface area (TPSA) is 96.7 Å². The molecule has 2 N–H and O–H groups in total. The van der Waals surface area contributed by atoms with Crippen LogP contribution in [0, 0.1) is 0 Å². The third kappa shape index (κ3) is 6.49. The van der Waals surface area contributed by atoms with Crippen LogP contribution in [-0.4, -0.2) is 69.8 Å². The summed E-state index contributed by atoms with van der Waals surface area (Å²) in [7, 11) is 1.81. The van der Waals surface area contributed by atoms with Gasteiger partial charge in [-0.05, 0) is 59.5 Å². The van der Waals surface area contributed by atoms with Gasteiger partial charge in [-0.1, -0.05) is 24.3 Å². The Morgan fingerprint density at radius 2 is 2.09 bits per heavy atom. The standard InChI is InChI=1S/C27H40N4O4/c1-7-31-23(19(4)29-25(31)21-14-18(3)26(33)30(6)16-21)13-12-17(2)15-28-24(20(5)32)27(34)35-22-10-8-9-11-22/h12-14,20-22,24,28,32H,4,7-11,15-16H2,1-3,5-6H3/b17-12+,23-13+/t20-,21?,24?/m1/s1. The van der Waals surface area contributed by atoms with Gasteiger partial charge in [0.1, 0.15) is 18.0 Å². The number of imidazole rings is 1. The molecule has 3 atom stereocenters. The van der Waals surface area contributed by atoms with Crippen molar-refractivity contribution >= 4 is 24.5 Å². The van der Waals surface area contributed by atoms with Gasteiger partial charge >= 0.3 is 5.97 Å². The fraction of sp³-hybridized carbons (Fsp3) is 0.593. The number of aliphatic hydroxyl groups is 1. The highest BCUT2D eigenvalue weighted by Crippen LogP contribution is 2.23. The first kappa shape index (κ1) is 26.9. The third-order valence-corrected chi connectivity index (χ3v) is 6.81. The molecule has 2 unspecified atom stereocenters. The molecule has 0 saturated heterocycles. The number of carbonyl (C=O) groups is 2. The minimum atomic E-state index is -0.853. The van der Waals surface area contributed by atoms with Gasteiger partial charge in [-0.15, -0.1) is 0 Å². The van der Waals surface area contributed by atoms with E-state index in [0.29, 0.717) is 18.4 Å². The Bertz CT molecular complexity index is 1100. The van der Waals surface area contributed by atoms with Crippen LogP contribution in [0.5, 0.6) is 0 Å². The number of aliphatic hydroxyl groups excluding tert-OH is 1. The molecular weight excluding hydrogens is 444 g/mol. The minimum absolute atomic E-state index is 0.0183. The Balaban J connectivity index is 1.74. The maximum Gasteiger partial charge on any atom is 0.326 e. The molecule has 1 fully saturated rings. The SMILES string of the molecule is C=c1nc(C2C=C(C)C(=O)N(C)C2)n(CC)/c1=C/C=C(\C)CNC(C(=O)OC1CCCC1)[C@@H](C)O. The number of nitrogens with one attached hydrogen (secondary N) is 1. The van der Waals surface area contributed by atoms with Gasteiger partial charge in [0.25, 0.3) is 0 Å². The summed E-state index contributed by atoms with van der Waals surface area (Å²) in [6.45, 7) is 13.4. The van der Waals surface area contributed by atoms with Gasteiger partial charge in [0.05, 0.1) is 22.7 Å². The second-order valence-electron chi connectivity index (χ2n) is 9.81. The second kappa shape index (κ2) is 11.8. The Labute approximate surface area is 208 Å². The largest absolute Gasteiger partial charge is 0.461 e. The fourth-order valence-corrected chi connectivity index (χ4v) is 4.84. The summed E-state index contributed by atoms with van der Waals surface area (Å²) in [5, 5.41) is 14.9. The van der Waals surface area contributed by atoms with Gasteiger partial charge in [-0.2, -0.15) is 0 Å². The molecule has 1 aliphatic carbocycles. The highest BCUT2D eigenvalue weighted by molar-refractivity contribution is 5.93. The molecule has 0 aromatic carbocycles. The van der Waals surface area contributed by atoms with E-state index in [-0.39, 0.29) is 17.9 Å². The van der Waals surface area contributed by atoms with Crippen molar-refractivity contribution in [2.75, 3.05) is 20.1 Å². The lowest BCUT2D eigenvalue weighted by Gasteiger charge is -2.27. The molecule has 1 aromatic rings. The molecule has 1 aromatic heterocycles. The van der Waals surface area contributed by atoms with Crippen molar-refractivity contribution in [3.05, 3.63) is 39.8 Å². The molecular formula is C27H40N4O4. The van der Waals surface area contributed by atoms with Crippen molar-refractivity contribution in [3.8, 4) is 0 Å². The Morgan fingerprint density at radius 3 is 2.69 bits per heavy atom. The van der Waals surface area contributed by atoms with Crippen LogP contribution >= 0.6 is 0 Å². The summed E-state index contributed by atoms with van der Waals surface area (Å²) >= 11 is 0. The number of nitrogens with zero attached hydrogens (tertiary/aromatic N) is 3. The minimum Gasteiger partial charge on any atom is -0.461 e. The van der Waals surface area contributed by atoms with Crippen LogP contribution in [0.25, 0.3) is 12.7 Å². The predicted octanol–water partition coefficient (Wildman–Crippen LogP) is 1.37. The van der Waals surface area contributed by atoms with E-state index in [9.17, 15) is 14.7 Å². The number of amides is 1. The van der Waals surface area contributed by atoms with Crippen molar-refractivity contribution in [2.45, 2.75) is 84.1 Å². The van der Waals surface area contributed by atoms with Gasteiger partial charge < -0.3 is 19.3 Å². The zero-order valence-corrected chi connectivity index (χ0v) is 21.7. The molecule has 2 aliphatic rings. The molecule has 8 heteroatoms. The lowest BCUT2D eigenvalue weighted by Crippen LogP contribution is -2.47. The van der Waals surface area contributed by atoms with E-state index in [2.05, 4.69) is 23.4 Å². The Morgan fingerprint density at radius 1 is 1.40 bits per heavy atom. The number of esters is 1. The van der Waals surface area contributed by atoms with E-state index in [1.165, 1.54) is 0 Å². The van der Waals surface area contributed by atoms with E-state index < -0.39 is 18.1 Å². The highest BCUT2D eigenvalue weighted by Gasteiger charge is 2.29. The zero-order valence-electron chi connectivity index (χ0n) is 21.7. The summed E-state index contributed by atoms with van der Waals surface area (Å²) in [6.07, 6.45) is 9.03. The van der Waals surface area contributed by atoms with Gasteiger partial charge in [0, 0.05) is 32.3 Å². The molecule has 2 heterocycles. The maximum absolute atomic E-state index is 12.6. The third-order valence-electron chi connectivity index (χ3n) is 6.81. The molecule has 1 saturated carbocycles. The number of allylic oxidation sites excluding steroid dienone is 1. The number of likely N-dealkylation sites (N-methyl/N-ethyl adjacent to an activating group) is 1. The first-order chi connectivity index (χ1) is 16.6. The van der Waals surface area contributed by atoms with Crippen molar-refractivity contribution < 1.29 is 19.4 Å². The van der Waals surface area contributed by atoms with Crippen LogP contribution in [0.3, 0.4) is 0 Å². The number of hydrogen-bond donors (Lipinski definition) is 2. The summed E-state index contributed by atoms with van der Waals surface area (Å²) < 4.78 is 7.72. The van der Waals surface area contributed by atoms with Gasteiger partial charge in [0.15, 0.2) is 0 Å². The molecule has 0 bridgehead atoms. The summed E-state index contributed by atoms with van der Waals surface area (Å²) in [4.78, 5) is 31.2. The summed E-state index contributed by atoms with van der Waals surface area (Å²) in [5.41, 5.74) is 1.72. The molecule has 3 rings (SSSR count). The van der Waals surface area contributed by atoms with Gasteiger partial charge in [-0.25, -0.2) is 4.98 Å². The van der Waals surface area contributed by atoms with E-state index in [4.69, 9.17) is 9.72 Å². The molecule has 8 nitrogen and oxygen atoms in total. The average molecular weight is 485 g/mol. The number of carbonyl (C=O) groups excluding carboxylic acids is 2. The average Bonchev–Trinajstić information content (AvgIpc) is 3.42. The normalized spacial score (nSPS) is 21.9. The lowest BCUT2D eigenvalue weighted by atomic mass is 9.99. The predicted molar refractivity (Wildman–Crippen MR) is 137 cm³/mol. The van der Waals surface area contributed by atoms with Crippen molar-refractivity contribution in [1.82, 2.24) is 19.8 Å². The number of ether oxygens (including phenoxy) is 1. The number of rotatable bonds is 9. The Hall–Kier alpha value is -2.71. The van der Waals surface area contributed by atoms with E-state index in [1.54, 1.807) is 11.8 Å². The summed E-state index contributed by atoms with van der Waals surface area (Å²) in [5.74, 6) is 0.572. The van der Waals surface area contributed by atoms with E-state index in [1.807, 2.05) is 39.1 Å². The molecule has 1 amide bonds. The molecule has 0 radical (unpaired) electrons. The lowest BCUT2D eigenvalue weighted by molar-refractivity contribution is -0.154. The highest BCUT2D eigenvalue weighted by atomic mass is 16.5.